The molecule has 104 valence electrons. The summed E-state index contributed by atoms with van der Waals surface area (Å²) in [6.45, 7) is 3.46. The number of amides is 2. The number of hydrogen-bond acceptors (Lipinski definition) is 2. The highest BCUT2D eigenvalue weighted by molar-refractivity contribution is 5.90. The zero-order valence-electron chi connectivity index (χ0n) is 10.9. The summed E-state index contributed by atoms with van der Waals surface area (Å²) in [5.74, 6) is -1.95. The summed E-state index contributed by atoms with van der Waals surface area (Å²) in [4.78, 5) is 22.1. The highest BCUT2D eigenvalue weighted by Crippen LogP contribution is 2.18. The van der Waals surface area contributed by atoms with Crippen LogP contribution in [0.4, 0.5) is 14.9 Å². The molecule has 0 bridgehead atoms. The predicted molar refractivity (Wildman–Crippen MR) is 69.6 cm³/mol. The molecule has 1 unspecified atom stereocenters. The van der Waals surface area contributed by atoms with E-state index in [0.717, 1.165) is 0 Å². The van der Waals surface area contributed by atoms with Crippen molar-refractivity contribution in [2.45, 2.75) is 20.3 Å². The van der Waals surface area contributed by atoms with Crippen LogP contribution in [0.1, 0.15) is 18.9 Å². The van der Waals surface area contributed by atoms with Gasteiger partial charge in [0.2, 0.25) is 0 Å². The van der Waals surface area contributed by atoms with Crippen LogP contribution in [-0.4, -0.2) is 23.7 Å². The van der Waals surface area contributed by atoms with Gasteiger partial charge in [0.25, 0.3) is 0 Å². The molecule has 0 aromatic heterocycles. The minimum atomic E-state index is -0.910. The molecule has 0 spiro atoms. The Morgan fingerprint density at radius 3 is 2.68 bits per heavy atom. The van der Waals surface area contributed by atoms with E-state index in [2.05, 4.69) is 10.6 Å². The number of para-hydroxylation sites is 1. The summed E-state index contributed by atoms with van der Waals surface area (Å²) < 4.78 is 13.4. The number of rotatable bonds is 5. The molecule has 1 aromatic rings. The van der Waals surface area contributed by atoms with Gasteiger partial charge in [-0.05, 0) is 25.0 Å². The highest BCUT2D eigenvalue weighted by Gasteiger charge is 2.12. The van der Waals surface area contributed by atoms with Crippen LogP contribution in [0.5, 0.6) is 0 Å². The van der Waals surface area contributed by atoms with Gasteiger partial charge in [-0.25, -0.2) is 9.18 Å². The second-order valence-electron chi connectivity index (χ2n) is 4.34. The number of carboxylic acids is 1. The molecule has 2 amide bonds. The Labute approximate surface area is 110 Å². The number of carbonyl (C=O) groups excluding carboxylic acids is 1. The van der Waals surface area contributed by atoms with Gasteiger partial charge in [-0.1, -0.05) is 19.1 Å². The van der Waals surface area contributed by atoms with E-state index in [1.807, 2.05) is 0 Å². The Balaban J connectivity index is 2.46. The second kappa shape index (κ2) is 6.72. The Morgan fingerprint density at radius 2 is 2.11 bits per heavy atom. The number of benzene rings is 1. The quantitative estimate of drug-likeness (QED) is 0.767. The highest BCUT2D eigenvalue weighted by atomic mass is 19.1. The number of hydrogen-bond donors (Lipinski definition) is 3. The maximum atomic E-state index is 13.4. The van der Waals surface area contributed by atoms with E-state index in [-0.39, 0.29) is 12.2 Å². The molecule has 0 aliphatic heterocycles. The van der Waals surface area contributed by atoms with Crippen LogP contribution in [-0.2, 0) is 4.79 Å². The molecule has 3 N–H and O–H groups in total. The van der Waals surface area contributed by atoms with Crippen molar-refractivity contribution >= 4 is 17.7 Å². The molecule has 0 aliphatic rings. The zero-order chi connectivity index (χ0) is 14.4. The van der Waals surface area contributed by atoms with Gasteiger partial charge in [0.05, 0.1) is 11.6 Å². The van der Waals surface area contributed by atoms with E-state index in [1.165, 1.54) is 6.07 Å². The van der Waals surface area contributed by atoms with Gasteiger partial charge in [-0.15, -0.1) is 0 Å². The third kappa shape index (κ3) is 4.57. The van der Waals surface area contributed by atoms with Crippen molar-refractivity contribution in [3.63, 3.8) is 0 Å². The molecule has 6 heteroatoms. The topological polar surface area (TPSA) is 78.4 Å². The van der Waals surface area contributed by atoms with Crippen molar-refractivity contribution in [1.82, 2.24) is 5.32 Å². The zero-order valence-corrected chi connectivity index (χ0v) is 10.9. The van der Waals surface area contributed by atoms with E-state index in [9.17, 15) is 14.0 Å². The summed E-state index contributed by atoms with van der Waals surface area (Å²) in [5.41, 5.74) is 0.750. The van der Waals surface area contributed by atoms with Crippen LogP contribution in [0, 0.1) is 18.7 Å². The predicted octanol–water partition coefficient (Wildman–Crippen LogP) is 2.37. The van der Waals surface area contributed by atoms with Gasteiger partial charge in [0.1, 0.15) is 5.82 Å². The lowest BCUT2D eigenvalue weighted by Crippen LogP contribution is -2.31. The molecular weight excluding hydrogens is 251 g/mol. The van der Waals surface area contributed by atoms with Crippen LogP contribution in [0.2, 0.25) is 0 Å². The fraction of sp³-hybridized carbons (Fsp3) is 0.385. The molecular formula is C13H17FN2O3. The van der Waals surface area contributed by atoms with Crippen LogP contribution in [0.15, 0.2) is 18.2 Å². The number of urea groups is 1. The standard InChI is InChI=1S/C13H17FN2O3/c1-8-4-3-5-10(14)11(8)16-13(19)15-7-6-9(2)12(17)18/h3-5,9H,6-7H2,1-2H3,(H,17,18)(H2,15,16,19). The maximum Gasteiger partial charge on any atom is 0.319 e. The van der Waals surface area contributed by atoms with Gasteiger partial charge >= 0.3 is 12.0 Å². The maximum absolute atomic E-state index is 13.4. The number of aryl methyl sites for hydroxylation is 1. The second-order valence-corrected chi connectivity index (χ2v) is 4.34. The smallest absolute Gasteiger partial charge is 0.319 e. The Kier molecular flexibility index (Phi) is 5.29. The van der Waals surface area contributed by atoms with Crippen molar-refractivity contribution in [1.29, 1.82) is 0 Å². The SMILES string of the molecule is Cc1cccc(F)c1NC(=O)NCCC(C)C(=O)O. The largest absolute Gasteiger partial charge is 0.481 e. The van der Waals surface area contributed by atoms with Crippen molar-refractivity contribution in [3.8, 4) is 0 Å². The number of aliphatic carboxylic acids is 1. The molecule has 1 atom stereocenters. The molecule has 0 fully saturated rings. The number of anilines is 1. The summed E-state index contributed by atoms with van der Waals surface area (Å²) in [6, 6.07) is 3.95. The average molecular weight is 268 g/mol. The van der Waals surface area contributed by atoms with Crippen LogP contribution < -0.4 is 10.6 Å². The van der Waals surface area contributed by atoms with Crippen LogP contribution in [0.3, 0.4) is 0 Å². The molecule has 0 aliphatic carbocycles. The molecule has 1 rings (SSSR count). The van der Waals surface area contributed by atoms with E-state index < -0.39 is 23.7 Å². The van der Waals surface area contributed by atoms with E-state index >= 15 is 0 Å². The molecule has 19 heavy (non-hydrogen) atoms. The molecule has 1 aromatic carbocycles. The first-order valence-corrected chi connectivity index (χ1v) is 5.94. The minimum absolute atomic E-state index is 0.131. The van der Waals surface area contributed by atoms with Gasteiger partial charge in [-0.2, -0.15) is 0 Å². The summed E-state index contributed by atoms with van der Waals surface area (Å²) >= 11 is 0. The minimum Gasteiger partial charge on any atom is -0.481 e. The first-order valence-electron chi connectivity index (χ1n) is 5.94. The van der Waals surface area contributed by atoms with Gasteiger partial charge in [0.15, 0.2) is 0 Å². The average Bonchev–Trinajstić information content (AvgIpc) is 2.33. The first kappa shape index (κ1) is 14.9. The van der Waals surface area contributed by atoms with E-state index in [0.29, 0.717) is 12.0 Å². The van der Waals surface area contributed by atoms with Crippen molar-refractivity contribution in [2.24, 2.45) is 5.92 Å². The molecule has 0 saturated carbocycles. The molecule has 5 nitrogen and oxygen atoms in total. The third-order valence-electron chi connectivity index (χ3n) is 2.74. The fourth-order valence-electron chi connectivity index (χ4n) is 1.47. The first-order chi connectivity index (χ1) is 8.91. The van der Waals surface area contributed by atoms with Gasteiger partial charge in [0, 0.05) is 6.54 Å². The van der Waals surface area contributed by atoms with Crippen molar-refractivity contribution in [3.05, 3.63) is 29.6 Å². The Hall–Kier alpha value is -2.11. The third-order valence-corrected chi connectivity index (χ3v) is 2.74. The lowest BCUT2D eigenvalue weighted by atomic mass is 10.1. The number of carboxylic acid groups (broad SMARTS) is 1. The van der Waals surface area contributed by atoms with Crippen LogP contribution in [0.25, 0.3) is 0 Å². The lowest BCUT2D eigenvalue weighted by Gasteiger charge is -2.11. The lowest BCUT2D eigenvalue weighted by molar-refractivity contribution is -0.141. The van der Waals surface area contributed by atoms with Crippen molar-refractivity contribution in [2.75, 3.05) is 11.9 Å². The van der Waals surface area contributed by atoms with Gasteiger partial charge < -0.3 is 15.7 Å². The number of halogens is 1. The normalized spacial score (nSPS) is 11.7. The molecule has 0 heterocycles. The van der Waals surface area contributed by atoms with Crippen molar-refractivity contribution < 1.29 is 19.1 Å². The summed E-state index contributed by atoms with van der Waals surface area (Å²) in [6.07, 6.45) is 0.318. The fourth-order valence-corrected chi connectivity index (χ4v) is 1.47. The van der Waals surface area contributed by atoms with Crippen LogP contribution >= 0.6 is 0 Å². The van der Waals surface area contributed by atoms with E-state index in [1.54, 1.807) is 26.0 Å². The summed E-state index contributed by atoms with van der Waals surface area (Å²) in [5, 5.41) is 13.6. The summed E-state index contributed by atoms with van der Waals surface area (Å²) in [7, 11) is 0. The Bertz CT molecular complexity index is 457. The number of nitrogens with one attached hydrogen (secondary N) is 2. The number of carbonyl (C=O) groups is 2. The van der Waals surface area contributed by atoms with E-state index in [4.69, 9.17) is 5.11 Å². The molecule has 0 saturated heterocycles. The monoisotopic (exact) mass is 268 g/mol. The Morgan fingerprint density at radius 1 is 1.42 bits per heavy atom. The van der Waals surface area contributed by atoms with Gasteiger partial charge in [-0.3, -0.25) is 4.79 Å². The molecule has 0 radical (unpaired) electrons.